The van der Waals surface area contributed by atoms with Crippen LogP contribution in [-0.2, 0) is 0 Å². The van der Waals surface area contributed by atoms with E-state index in [1.165, 1.54) is 17.0 Å². The molecule has 0 aromatic carbocycles. The summed E-state index contributed by atoms with van der Waals surface area (Å²) < 4.78 is 1.39. The van der Waals surface area contributed by atoms with E-state index in [9.17, 15) is 0 Å². The highest BCUT2D eigenvalue weighted by atomic mass is 14.9. The molecule has 1 aromatic heterocycles. The van der Waals surface area contributed by atoms with E-state index in [2.05, 4.69) is 0 Å². The van der Waals surface area contributed by atoms with Gasteiger partial charge in [0, 0.05) is 12.1 Å². The van der Waals surface area contributed by atoms with Crippen molar-refractivity contribution in [3.8, 4) is 18.2 Å². The molecule has 0 saturated carbocycles. The largest absolute Gasteiger partial charge is 0.351 e. The normalized spacial score (nSPS) is 8.38. The van der Waals surface area contributed by atoms with Gasteiger partial charge in [-0.15, -0.1) is 4.57 Å². The first kappa shape index (κ1) is 11.1. The predicted molar refractivity (Wildman–Crippen MR) is 53.6 cm³/mol. The molecule has 0 amide bonds. The number of rotatable bonds is 2. The molecule has 5 nitrogen and oxygen atoms in total. The molecular formula is C11H6N5+. The van der Waals surface area contributed by atoms with Crippen molar-refractivity contribution in [2.45, 2.75) is 5.92 Å². The number of pyridine rings is 1. The molecule has 0 spiro atoms. The van der Waals surface area contributed by atoms with Gasteiger partial charge in [0.2, 0.25) is 0 Å². The van der Waals surface area contributed by atoms with Gasteiger partial charge in [0.05, 0.1) is 18.0 Å². The SMILES string of the molecule is N#CC(=C=N)[n+]1ccc(C(C#N)C#N)cc1. The van der Waals surface area contributed by atoms with Gasteiger partial charge in [0.15, 0.2) is 24.4 Å². The molecule has 0 saturated heterocycles. The monoisotopic (exact) mass is 208 g/mol. The van der Waals surface area contributed by atoms with Crippen molar-refractivity contribution in [1.82, 2.24) is 0 Å². The van der Waals surface area contributed by atoms with E-state index in [-0.39, 0.29) is 5.70 Å². The van der Waals surface area contributed by atoms with Crippen molar-refractivity contribution in [2.75, 3.05) is 0 Å². The summed E-state index contributed by atoms with van der Waals surface area (Å²) in [6.07, 6.45) is 3.02. The van der Waals surface area contributed by atoms with Crippen LogP contribution in [0.5, 0.6) is 0 Å². The van der Waals surface area contributed by atoms with Gasteiger partial charge in [0.25, 0.3) is 0 Å². The summed E-state index contributed by atoms with van der Waals surface area (Å²) in [6.45, 7) is 0. The molecular weight excluding hydrogens is 202 g/mol. The summed E-state index contributed by atoms with van der Waals surface area (Å²) in [5.74, 6) is 1.17. The molecule has 0 aliphatic rings. The van der Waals surface area contributed by atoms with E-state index in [0.29, 0.717) is 5.56 Å². The van der Waals surface area contributed by atoms with Gasteiger partial charge in [-0.1, -0.05) is 0 Å². The predicted octanol–water partition coefficient (Wildman–Crippen LogP) is 0.718. The van der Waals surface area contributed by atoms with Gasteiger partial charge in [-0.2, -0.15) is 15.8 Å². The van der Waals surface area contributed by atoms with Gasteiger partial charge in [0.1, 0.15) is 0 Å². The summed E-state index contributed by atoms with van der Waals surface area (Å²) in [6, 6.07) is 8.62. The zero-order valence-electron chi connectivity index (χ0n) is 8.18. The third-order valence-corrected chi connectivity index (χ3v) is 1.93. The Morgan fingerprint density at radius 1 is 1.19 bits per heavy atom. The van der Waals surface area contributed by atoms with Gasteiger partial charge >= 0.3 is 5.70 Å². The Kier molecular flexibility index (Phi) is 3.54. The van der Waals surface area contributed by atoms with Crippen LogP contribution in [0.15, 0.2) is 24.5 Å². The number of nitrogens with zero attached hydrogens (tertiary/aromatic N) is 4. The smallest absolute Gasteiger partial charge is 0.252 e. The lowest BCUT2D eigenvalue weighted by molar-refractivity contribution is -0.576. The lowest BCUT2D eigenvalue weighted by Gasteiger charge is -1.97. The minimum Gasteiger partial charge on any atom is -0.252 e. The first-order valence-corrected chi connectivity index (χ1v) is 4.27. The molecule has 0 fully saturated rings. The van der Waals surface area contributed by atoms with Crippen molar-refractivity contribution in [2.24, 2.45) is 0 Å². The molecule has 1 rings (SSSR count). The average molecular weight is 208 g/mol. The summed E-state index contributed by atoms with van der Waals surface area (Å²) in [7, 11) is 0. The zero-order valence-corrected chi connectivity index (χ0v) is 8.18. The number of nitrogens with one attached hydrogen (secondary N) is 1. The van der Waals surface area contributed by atoms with Gasteiger partial charge in [-0.25, -0.2) is 0 Å². The molecule has 16 heavy (non-hydrogen) atoms. The van der Waals surface area contributed by atoms with E-state index in [1.807, 2.05) is 18.0 Å². The number of hydrogen-bond donors (Lipinski definition) is 1. The molecule has 0 aliphatic carbocycles. The van der Waals surface area contributed by atoms with Crippen LogP contribution < -0.4 is 4.57 Å². The minimum atomic E-state index is -0.816. The van der Waals surface area contributed by atoms with E-state index in [1.54, 1.807) is 18.2 Å². The van der Waals surface area contributed by atoms with Crippen LogP contribution in [-0.4, -0.2) is 5.87 Å². The topological polar surface area (TPSA) is 99.1 Å². The second-order valence-corrected chi connectivity index (χ2v) is 2.82. The van der Waals surface area contributed by atoms with Gasteiger partial charge < -0.3 is 0 Å². The van der Waals surface area contributed by atoms with E-state index in [4.69, 9.17) is 21.2 Å². The Bertz CT molecular complexity index is 544. The lowest BCUT2D eigenvalue weighted by atomic mass is 10.0. The number of allylic oxidation sites excluding steroid dienone is 1. The highest BCUT2D eigenvalue weighted by Crippen LogP contribution is 2.11. The van der Waals surface area contributed by atoms with Crippen LogP contribution in [0.4, 0.5) is 0 Å². The number of nitriles is 3. The van der Waals surface area contributed by atoms with Crippen LogP contribution in [0, 0.1) is 39.4 Å². The van der Waals surface area contributed by atoms with Crippen LogP contribution in [0.2, 0.25) is 0 Å². The molecule has 0 bridgehead atoms. The van der Waals surface area contributed by atoms with Crippen molar-refractivity contribution in [3.63, 3.8) is 0 Å². The average Bonchev–Trinajstić information content (AvgIpc) is 2.34. The zero-order chi connectivity index (χ0) is 12.0. The maximum Gasteiger partial charge on any atom is 0.351 e. The quantitative estimate of drug-likeness (QED) is 0.440. The minimum absolute atomic E-state index is 0.0389. The Hall–Kier alpha value is -2.93. The highest BCUT2D eigenvalue weighted by Gasteiger charge is 2.13. The first-order valence-electron chi connectivity index (χ1n) is 4.27. The number of aromatic nitrogens is 1. The van der Waals surface area contributed by atoms with Gasteiger partial charge in [-0.3, -0.25) is 5.41 Å². The van der Waals surface area contributed by atoms with E-state index >= 15 is 0 Å². The van der Waals surface area contributed by atoms with E-state index < -0.39 is 5.92 Å². The summed E-state index contributed by atoms with van der Waals surface area (Å²) in [5.41, 5.74) is 0.598. The second kappa shape index (κ2) is 5.08. The van der Waals surface area contributed by atoms with Crippen molar-refractivity contribution < 1.29 is 4.57 Å². The molecule has 1 heterocycles. The maximum absolute atomic E-state index is 8.67. The fourth-order valence-corrected chi connectivity index (χ4v) is 1.11. The van der Waals surface area contributed by atoms with Gasteiger partial charge in [-0.05, 0) is 5.56 Å². The molecule has 74 valence electrons. The molecule has 0 aliphatic heterocycles. The second-order valence-electron chi connectivity index (χ2n) is 2.82. The Morgan fingerprint density at radius 3 is 2.12 bits per heavy atom. The standard InChI is InChI=1S/C11H6N5/c12-5-10(6-13)9-1-3-16(4-2-9)11(7-14)8-15/h1-4,10,14H/q+1. The highest BCUT2D eigenvalue weighted by molar-refractivity contribution is 5.80. The maximum atomic E-state index is 8.67. The third-order valence-electron chi connectivity index (χ3n) is 1.93. The van der Waals surface area contributed by atoms with Crippen LogP contribution in [0.25, 0.3) is 5.70 Å². The summed E-state index contributed by atoms with van der Waals surface area (Å²) in [4.78, 5) is 0. The molecule has 0 atom stereocenters. The van der Waals surface area contributed by atoms with Crippen molar-refractivity contribution in [1.29, 1.82) is 21.2 Å². The molecule has 1 N–H and O–H groups in total. The fraction of sp³-hybridized carbons (Fsp3) is 0.0909. The lowest BCUT2D eigenvalue weighted by Crippen LogP contribution is -2.31. The Labute approximate surface area is 92.2 Å². The van der Waals surface area contributed by atoms with Crippen LogP contribution >= 0.6 is 0 Å². The Morgan fingerprint density at radius 2 is 1.75 bits per heavy atom. The molecule has 5 heteroatoms. The molecule has 1 aromatic rings. The fourth-order valence-electron chi connectivity index (χ4n) is 1.11. The van der Waals surface area contributed by atoms with Crippen molar-refractivity contribution >= 4 is 11.6 Å². The summed E-state index contributed by atoms with van der Waals surface area (Å²) >= 11 is 0. The molecule has 0 unspecified atom stereocenters. The molecule has 0 radical (unpaired) electrons. The number of hydrogen-bond acceptors (Lipinski definition) is 4. The van der Waals surface area contributed by atoms with Crippen LogP contribution in [0.3, 0.4) is 0 Å². The Balaban J connectivity index is 3.12. The van der Waals surface area contributed by atoms with Crippen LogP contribution in [0.1, 0.15) is 11.5 Å². The van der Waals surface area contributed by atoms with Crippen molar-refractivity contribution in [3.05, 3.63) is 30.1 Å². The summed E-state index contributed by atoms with van der Waals surface area (Å²) in [5, 5.41) is 32.9. The first-order chi connectivity index (χ1) is 7.76. The third kappa shape index (κ3) is 2.11. The van der Waals surface area contributed by atoms with E-state index in [0.717, 1.165) is 0 Å².